The SMILES string of the molecule is Cc1cc(Cn2c(=O)c3cc(S(=O)(=O)NC4(C)CC4)ccc3n(CCO)c2=O)on1. The number of hydrogen-bond acceptors (Lipinski definition) is 7. The number of rotatable bonds is 7. The van der Waals surface area contributed by atoms with E-state index in [0.717, 1.165) is 17.4 Å². The zero-order chi connectivity index (χ0) is 21.7. The highest BCUT2D eigenvalue weighted by molar-refractivity contribution is 7.89. The molecule has 1 aromatic carbocycles. The van der Waals surface area contributed by atoms with Gasteiger partial charge in [0, 0.05) is 11.6 Å². The zero-order valence-electron chi connectivity index (χ0n) is 16.6. The van der Waals surface area contributed by atoms with Gasteiger partial charge in [-0.1, -0.05) is 5.16 Å². The first-order chi connectivity index (χ1) is 14.1. The second-order valence-corrected chi connectivity index (χ2v) is 9.51. The molecule has 3 aromatic rings. The molecule has 10 nitrogen and oxygen atoms in total. The predicted octanol–water partition coefficient (Wildman–Crippen LogP) is 0.331. The van der Waals surface area contributed by atoms with Gasteiger partial charge in [0.2, 0.25) is 10.0 Å². The topological polar surface area (TPSA) is 136 Å². The van der Waals surface area contributed by atoms with Crippen molar-refractivity contribution in [1.82, 2.24) is 19.0 Å². The molecule has 0 spiro atoms. The molecule has 1 fully saturated rings. The van der Waals surface area contributed by atoms with Gasteiger partial charge in [0.05, 0.1) is 41.2 Å². The third kappa shape index (κ3) is 3.71. The first-order valence-corrected chi connectivity index (χ1v) is 11.0. The van der Waals surface area contributed by atoms with E-state index in [-0.39, 0.29) is 35.5 Å². The fourth-order valence-electron chi connectivity index (χ4n) is 3.35. The molecule has 0 atom stereocenters. The van der Waals surface area contributed by atoms with E-state index in [1.54, 1.807) is 13.0 Å². The zero-order valence-corrected chi connectivity index (χ0v) is 17.4. The van der Waals surface area contributed by atoms with Crippen LogP contribution in [0.25, 0.3) is 10.9 Å². The van der Waals surface area contributed by atoms with E-state index in [1.165, 1.54) is 22.8 Å². The van der Waals surface area contributed by atoms with Gasteiger partial charge in [0.25, 0.3) is 5.56 Å². The molecule has 1 aliphatic carbocycles. The maximum Gasteiger partial charge on any atom is 0.331 e. The summed E-state index contributed by atoms with van der Waals surface area (Å²) in [5, 5.41) is 13.2. The number of fused-ring (bicyclic) bond motifs is 1. The molecule has 1 saturated carbocycles. The summed E-state index contributed by atoms with van der Waals surface area (Å²) in [4.78, 5) is 25.9. The standard InChI is InChI=1S/C19H22N4O6S/c1-12-9-13(29-20-12)11-23-17(25)15-10-14(30(27,28)21-19(2)5-6-19)3-4-16(15)22(7-8-24)18(23)26/h3-4,9-10,21,24H,5-8,11H2,1-2H3. The Hall–Kier alpha value is -2.76. The minimum atomic E-state index is -3.83. The van der Waals surface area contributed by atoms with E-state index in [0.29, 0.717) is 11.5 Å². The van der Waals surface area contributed by atoms with Gasteiger partial charge in [-0.25, -0.2) is 17.9 Å². The average molecular weight is 434 g/mol. The van der Waals surface area contributed by atoms with Crippen molar-refractivity contribution in [2.45, 2.75) is 50.2 Å². The van der Waals surface area contributed by atoms with E-state index in [9.17, 15) is 23.1 Å². The number of nitrogens with zero attached hydrogens (tertiary/aromatic N) is 3. The quantitative estimate of drug-likeness (QED) is 0.547. The lowest BCUT2D eigenvalue weighted by Crippen LogP contribution is -2.41. The predicted molar refractivity (Wildman–Crippen MR) is 108 cm³/mol. The highest BCUT2D eigenvalue weighted by Crippen LogP contribution is 2.36. The van der Waals surface area contributed by atoms with Gasteiger partial charge in [0.1, 0.15) is 0 Å². The van der Waals surface area contributed by atoms with Crippen LogP contribution in [0.5, 0.6) is 0 Å². The molecule has 0 aliphatic heterocycles. The Kier molecular flexibility index (Phi) is 4.91. The highest BCUT2D eigenvalue weighted by atomic mass is 32.2. The third-order valence-electron chi connectivity index (χ3n) is 5.20. The number of aromatic nitrogens is 3. The fourth-order valence-corrected chi connectivity index (χ4v) is 4.84. The molecule has 0 saturated heterocycles. The van der Waals surface area contributed by atoms with Gasteiger partial charge in [-0.15, -0.1) is 0 Å². The lowest BCUT2D eigenvalue weighted by Gasteiger charge is -2.15. The maximum atomic E-state index is 13.1. The molecule has 0 bridgehead atoms. The number of nitrogens with one attached hydrogen (secondary N) is 1. The van der Waals surface area contributed by atoms with Crippen LogP contribution in [0, 0.1) is 6.92 Å². The Morgan fingerprint density at radius 3 is 2.57 bits per heavy atom. The smallest absolute Gasteiger partial charge is 0.331 e. The Bertz CT molecular complexity index is 1350. The van der Waals surface area contributed by atoms with Crippen molar-refractivity contribution in [2.75, 3.05) is 6.61 Å². The molecule has 0 amide bonds. The van der Waals surface area contributed by atoms with Crippen molar-refractivity contribution < 1.29 is 18.0 Å². The van der Waals surface area contributed by atoms with Gasteiger partial charge in [-0.3, -0.25) is 13.9 Å². The summed E-state index contributed by atoms with van der Waals surface area (Å²) in [6.45, 7) is 3.00. The number of aryl methyl sites for hydroxylation is 1. The minimum Gasteiger partial charge on any atom is -0.395 e. The second-order valence-electron chi connectivity index (χ2n) is 7.83. The number of hydrogen-bond donors (Lipinski definition) is 2. The normalized spacial score (nSPS) is 15.6. The molecule has 4 rings (SSSR count). The van der Waals surface area contributed by atoms with Gasteiger partial charge in [-0.05, 0) is 44.9 Å². The van der Waals surface area contributed by atoms with E-state index >= 15 is 0 Å². The monoisotopic (exact) mass is 434 g/mol. The number of aliphatic hydroxyl groups is 1. The molecule has 11 heteroatoms. The molecule has 1 aliphatic rings. The van der Waals surface area contributed by atoms with Crippen molar-refractivity contribution in [3.8, 4) is 0 Å². The molecule has 160 valence electrons. The Labute approximate surface area is 171 Å². The van der Waals surface area contributed by atoms with Gasteiger partial charge in [-0.2, -0.15) is 0 Å². The number of sulfonamides is 1. The largest absolute Gasteiger partial charge is 0.395 e. The van der Waals surface area contributed by atoms with Gasteiger partial charge >= 0.3 is 5.69 Å². The summed E-state index contributed by atoms with van der Waals surface area (Å²) >= 11 is 0. The lowest BCUT2D eigenvalue weighted by atomic mass is 10.2. The second kappa shape index (κ2) is 7.18. The van der Waals surface area contributed by atoms with Crippen LogP contribution in [0.4, 0.5) is 0 Å². The first kappa shape index (κ1) is 20.5. The lowest BCUT2D eigenvalue weighted by molar-refractivity contribution is 0.274. The molecular weight excluding hydrogens is 412 g/mol. The van der Waals surface area contributed by atoms with Crippen molar-refractivity contribution in [2.24, 2.45) is 0 Å². The number of aliphatic hydroxyl groups excluding tert-OH is 1. The van der Waals surface area contributed by atoms with Crippen LogP contribution in [0.1, 0.15) is 31.2 Å². The summed E-state index contributed by atoms with van der Waals surface area (Å²) in [7, 11) is -3.83. The molecule has 2 N–H and O–H groups in total. The third-order valence-corrected chi connectivity index (χ3v) is 6.84. The van der Waals surface area contributed by atoms with Crippen molar-refractivity contribution in [1.29, 1.82) is 0 Å². The Morgan fingerprint density at radius 1 is 1.23 bits per heavy atom. The van der Waals surface area contributed by atoms with Crippen molar-refractivity contribution in [3.63, 3.8) is 0 Å². The highest BCUT2D eigenvalue weighted by Gasteiger charge is 2.41. The summed E-state index contributed by atoms with van der Waals surface area (Å²) < 4.78 is 35.4. The van der Waals surface area contributed by atoms with E-state index < -0.39 is 26.8 Å². The van der Waals surface area contributed by atoms with E-state index in [1.807, 2.05) is 6.92 Å². The number of benzene rings is 1. The van der Waals surface area contributed by atoms with Crippen LogP contribution in [-0.2, 0) is 23.1 Å². The summed E-state index contributed by atoms with van der Waals surface area (Å²) in [6, 6.07) is 5.64. The Morgan fingerprint density at radius 2 is 1.97 bits per heavy atom. The Balaban J connectivity index is 1.89. The molecule has 0 unspecified atom stereocenters. The van der Waals surface area contributed by atoms with Crippen LogP contribution in [0.15, 0.2) is 43.3 Å². The molecular formula is C19H22N4O6S. The summed E-state index contributed by atoms with van der Waals surface area (Å²) in [5.41, 5.74) is -0.890. The van der Waals surface area contributed by atoms with E-state index in [2.05, 4.69) is 9.88 Å². The maximum absolute atomic E-state index is 13.1. The van der Waals surface area contributed by atoms with Gasteiger partial charge < -0.3 is 9.63 Å². The van der Waals surface area contributed by atoms with Crippen LogP contribution < -0.4 is 16.0 Å². The van der Waals surface area contributed by atoms with Crippen LogP contribution in [-0.4, -0.2) is 40.0 Å². The average Bonchev–Trinajstić information content (AvgIpc) is 3.26. The van der Waals surface area contributed by atoms with Gasteiger partial charge in [0.15, 0.2) is 5.76 Å². The minimum absolute atomic E-state index is 0.0482. The van der Waals surface area contributed by atoms with E-state index in [4.69, 9.17) is 4.52 Å². The fraction of sp³-hybridized carbons (Fsp3) is 0.421. The van der Waals surface area contributed by atoms with Crippen LogP contribution in [0.3, 0.4) is 0 Å². The molecule has 30 heavy (non-hydrogen) atoms. The molecule has 2 aromatic heterocycles. The molecule has 0 radical (unpaired) electrons. The summed E-state index contributed by atoms with van der Waals surface area (Å²) in [6.07, 6.45) is 1.50. The van der Waals surface area contributed by atoms with Crippen molar-refractivity contribution >= 4 is 20.9 Å². The first-order valence-electron chi connectivity index (χ1n) is 9.48. The summed E-state index contributed by atoms with van der Waals surface area (Å²) in [5.74, 6) is 0.314. The van der Waals surface area contributed by atoms with Crippen molar-refractivity contribution in [3.05, 3.63) is 56.6 Å². The van der Waals surface area contributed by atoms with Crippen LogP contribution in [0.2, 0.25) is 0 Å². The van der Waals surface area contributed by atoms with Crippen LogP contribution >= 0.6 is 0 Å². The molecule has 2 heterocycles.